The first kappa shape index (κ1) is 16.0. The fourth-order valence-corrected chi connectivity index (χ4v) is 2.59. The van der Waals surface area contributed by atoms with Gasteiger partial charge in [-0.25, -0.2) is 16.3 Å². The molecule has 1 unspecified atom stereocenters. The van der Waals surface area contributed by atoms with Crippen LogP contribution < -0.4 is 33.6 Å². The average molecular weight is 329 g/mol. The molecule has 23 heavy (non-hydrogen) atoms. The van der Waals surface area contributed by atoms with Crippen LogP contribution in [0.1, 0.15) is 11.9 Å². The van der Waals surface area contributed by atoms with Crippen LogP contribution in [0.4, 0.5) is 5.82 Å². The molecule has 0 amide bonds. The second kappa shape index (κ2) is 5.66. The molecule has 5 atom stereocenters. The van der Waals surface area contributed by atoms with Crippen molar-refractivity contribution in [2.45, 2.75) is 30.3 Å². The molecule has 0 saturated carbocycles. The summed E-state index contributed by atoms with van der Waals surface area (Å²) in [6.07, 6.45) is -3.16. The lowest BCUT2D eigenvalue weighted by atomic mass is 10.1. The van der Waals surface area contributed by atoms with Gasteiger partial charge in [-0.3, -0.25) is 21.6 Å². The Morgan fingerprint density at radius 2 is 2.13 bits per heavy atom. The van der Waals surface area contributed by atoms with Gasteiger partial charge in [-0.2, -0.15) is 4.99 Å². The molecule has 1 fully saturated rings. The van der Waals surface area contributed by atoms with E-state index in [2.05, 4.69) is 26.1 Å². The zero-order valence-electron chi connectivity index (χ0n) is 11.9. The molecule has 2 aliphatic heterocycles. The van der Waals surface area contributed by atoms with Crippen molar-refractivity contribution in [2.24, 2.45) is 22.4 Å². The Hall–Kier alpha value is -1.84. The number of aliphatic hydroxyl groups is 3. The maximum absolute atomic E-state index is 10.1. The van der Waals surface area contributed by atoms with E-state index in [0.29, 0.717) is 0 Å². The Morgan fingerprint density at radius 1 is 1.39 bits per heavy atom. The van der Waals surface area contributed by atoms with E-state index in [1.54, 1.807) is 0 Å². The van der Waals surface area contributed by atoms with Crippen molar-refractivity contribution in [3.63, 3.8) is 0 Å². The summed E-state index contributed by atoms with van der Waals surface area (Å²) < 4.78 is 6.83. The summed E-state index contributed by atoms with van der Waals surface area (Å²) in [5.41, 5.74) is 11.0. The van der Waals surface area contributed by atoms with Crippen LogP contribution in [0.25, 0.3) is 0 Å². The average Bonchev–Trinajstić information content (AvgIpc) is 3.10. The Kier molecular flexibility index (Phi) is 3.95. The highest BCUT2D eigenvalue weighted by molar-refractivity contribution is 5.84. The Bertz CT molecular complexity index is 621. The molecule has 2 aliphatic rings. The van der Waals surface area contributed by atoms with Crippen molar-refractivity contribution in [1.29, 1.82) is 0 Å². The van der Waals surface area contributed by atoms with Crippen LogP contribution in [0, 0.1) is 0 Å². The number of ether oxygens (including phenoxy) is 1. The molecule has 128 valence electrons. The minimum absolute atomic E-state index is 0.103. The zero-order valence-corrected chi connectivity index (χ0v) is 11.9. The van der Waals surface area contributed by atoms with Crippen LogP contribution >= 0.6 is 0 Å². The summed E-state index contributed by atoms with van der Waals surface area (Å²) >= 11 is 0. The summed E-state index contributed by atoms with van der Waals surface area (Å²) in [6, 6.07) is 0. The second-order valence-corrected chi connectivity index (χ2v) is 5.24. The van der Waals surface area contributed by atoms with Crippen molar-refractivity contribution in [1.82, 2.24) is 25.7 Å². The van der Waals surface area contributed by atoms with Crippen LogP contribution in [0.15, 0.2) is 11.3 Å². The molecule has 12 N–H and O–H groups in total. The number of guanidine groups is 1. The van der Waals surface area contributed by atoms with E-state index in [0.717, 1.165) is 0 Å². The van der Waals surface area contributed by atoms with Gasteiger partial charge in [0.05, 0.1) is 12.9 Å². The molecule has 1 aromatic rings. The van der Waals surface area contributed by atoms with Crippen molar-refractivity contribution in [3.8, 4) is 0 Å². The number of hydrogen-bond donors (Lipinski definition) is 9. The van der Waals surface area contributed by atoms with Crippen LogP contribution in [-0.4, -0.2) is 55.7 Å². The first-order valence-electron chi connectivity index (χ1n) is 6.75. The molecular weight excluding hydrogens is 310 g/mol. The van der Waals surface area contributed by atoms with Gasteiger partial charge in [0, 0.05) is 0 Å². The molecule has 0 bridgehead atoms. The van der Waals surface area contributed by atoms with Gasteiger partial charge >= 0.3 is 0 Å². The summed E-state index contributed by atoms with van der Waals surface area (Å²) in [5, 5.41) is 31.9. The lowest BCUT2D eigenvalue weighted by Crippen LogP contribution is -2.68. The van der Waals surface area contributed by atoms with E-state index in [-0.39, 0.29) is 17.5 Å². The smallest absolute Gasteiger partial charge is 0.215 e. The lowest BCUT2D eigenvalue weighted by molar-refractivity contribution is -0.0520. The minimum Gasteiger partial charge on any atom is -0.394 e. The largest absolute Gasteiger partial charge is 0.394 e. The van der Waals surface area contributed by atoms with Crippen LogP contribution in [-0.2, 0) is 10.5 Å². The number of imidazole rings is 1. The number of fused-ring (bicyclic) bond motifs is 1. The number of aliphatic imine (C=N–C) groups is 1. The summed E-state index contributed by atoms with van der Waals surface area (Å²) in [7, 11) is 0. The van der Waals surface area contributed by atoms with Gasteiger partial charge in [-0.05, 0) is 0 Å². The quantitative estimate of drug-likeness (QED) is 0.145. The van der Waals surface area contributed by atoms with Crippen LogP contribution in [0.5, 0.6) is 0 Å². The van der Waals surface area contributed by atoms with Gasteiger partial charge in [0.15, 0.2) is 12.0 Å². The van der Waals surface area contributed by atoms with E-state index in [1.807, 2.05) is 0 Å². The molecule has 1 aromatic heterocycles. The molecule has 0 radical (unpaired) electrons. The van der Waals surface area contributed by atoms with Gasteiger partial charge in [0.2, 0.25) is 11.7 Å². The molecule has 13 nitrogen and oxygen atoms in total. The molecule has 1 saturated heterocycles. The monoisotopic (exact) mass is 329 g/mol. The van der Waals surface area contributed by atoms with Gasteiger partial charge in [0.1, 0.15) is 24.0 Å². The fourth-order valence-electron chi connectivity index (χ4n) is 2.59. The van der Waals surface area contributed by atoms with E-state index in [4.69, 9.17) is 22.2 Å². The predicted octanol–water partition coefficient (Wildman–Crippen LogP) is -4.92. The highest BCUT2D eigenvalue weighted by Crippen LogP contribution is 2.36. The van der Waals surface area contributed by atoms with Gasteiger partial charge in [-0.1, -0.05) is 0 Å². The minimum atomic E-state index is -1.46. The lowest BCUT2D eigenvalue weighted by Gasteiger charge is -2.33. The number of aliphatic hydroxyl groups excluding tert-OH is 3. The molecule has 13 heteroatoms. The molecule has 0 spiro atoms. The van der Waals surface area contributed by atoms with E-state index in [9.17, 15) is 15.3 Å². The van der Waals surface area contributed by atoms with E-state index >= 15 is 0 Å². The van der Waals surface area contributed by atoms with Crippen molar-refractivity contribution in [2.75, 3.05) is 6.61 Å². The van der Waals surface area contributed by atoms with E-state index < -0.39 is 36.9 Å². The highest BCUT2D eigenvalue weighted by atomic mass is 16.6. The van der Waals surface area contributed by atoms with Gasteiger partial charge in [0.25, 0.3) is 0 Å². The van der Waals surface area contributed by atoms with Crippen molar-refractivity contribution in [3.05, 3.63) is 12.0 Å². The SMILES string of the molecule is NNC1=Nc2c(ncn2[C@@H]2O[C@H](CO)[C@@H](O)[C@H]2O)C(N)(NN)N1. The number of rotatable bonds is 3. The second-order valence-electron chi connectivity index (χ2n) is 5.24. The maximum Gasteiger partial charge on any atom is 0.215 e. The van der Waals surface area contributed by atoms with E-state index in [1.165, 1.54) is 10.9 Å². The first-order valence-corrected chi connectivity index (χ1v) is 6.75. The molecule has 0 aromatic carbocycles. The van der Waals surface area contributed by atoms with Crippen LogP contribution in [0.3, 0.4) is 0 Å². The Morgan fingerprint density at radius 3 is 2.70 bits per heavy atom. The maximum atomic E-state index is 10.1. The number of hydrazine groups is 2. The van der Waals surface area contributed by atoms with Gasteiger partial charge < -0.3 is 25.4 Å². The molecular formula is C10H19N9O4. The summed E-state index contributed by atoms with van der Waals surface area (Å²) in [5.74, 6) is 9.67. The van der Waals surface area contributed by atoms with Crippen molar-refractivity contribution < 1.29 is 20.1 Å². The fraction of sp³-hybridized carbons (Fsp3) is 0.600. The molecule has 3 rings (SSSR count). The third-order valence-electron chi connectivity index (χ3n) is 3.83. The third kappa shape index (κ3) is 2.35. The third-order valence-corrected chi connectivity index (χ3v) is 3.83. The topological polar surface area (TPSA) is 214 Å². The standard InChI is InChI=1S/C10H19N9O4/c11-10(18-13)6-7(15-9(16-10)17-12)19(2-14-6)8-5(22)4(21)3(1-20)23-8/h2-5,8,18,20-22H,1,11-13H2,(H2,15,16,17)/t3-,4-,5-,8-,10?/m1/s1. The number of nitrogens with zero attached hydrogens (tertiary/aromatic N) is 3. The Balaban J connectivity index is 2.03. The summed E-state index contributed by atoms with van der Waals surface area (Å²) in [6.45, 7) is -0.447. The predicted molar refractivity (Wildman–Crippen MR) is 76.0 cm³/mol. The summed E-state index contributed by atoms with van der Waals surface area (Å²) in [4.78, 5) is 8.31. The van der Waals surface area contributed by atoms with Crippen molar-refractivity contribution >= 4 is 11.8 Å². The number of hydrogen-bond acceptors (Lipinski definition) is 12. The van der Waals surface area contributed by atoms with Crippen LogP contribution in [0.2, 0.25) is 0 Å². The molecule has 0 aliphatic carbocycles. The Labute approximate surface area is 130 Å². The van der Waals surface area contributed by atoms with Gasteiger partial charge in [-0.15, -0.1) is 0 Å². The number of aromatic nitrogens is 2. The number of nitrogens with one attached hydrogen (secondary N) is 3. The highest BCUT2D eigenvalue weighted by Gasteiger charge is 2.46. The normalized spacial score (nSPS) is 36.3. The zero-order chi connectivity index (χ0) is 16.8. The number of nitrogens with two attached hydrogens (primary N) is 3. The molecule has 3 heterocycles. The first-order chi connectivity index (χ1) is 10.9.